The Bertz CT molecular complexity index is 551. The van der Waals surface area contributed by atoms with Gasteiger partial charge in [-0.1, -0.05) is 36.2 Å². The standard InChI is InChI=1S/C14H17Cl2N3/c1-3-17-13(14-18-7-8-19(14)4-2)10-5-6-11(15)12(16)9-10/h5-9,13,17H,3-4H2,1-2H3. The normalized spacial score (nSPS) is 12.6. The lowest BCUT2D eigenvalue weighted by molar-refractivity contribution is 0.559. The van der Waals surface area contributed by atoms with Crippen molar-refractivity contribution in [3.63, 3.8) is 0 Å². The maximum absolute atomic E-state index is 6.11. The van der Waals surface area contributed by atoms with Crippen molar-refractivity contribution in [3.05, 3.63) is 52.0 Å². The second kappa shape index (κ2) is 6.42. The largest absolute Gasteiger partial charge is 0.334 e. The quantitative estimate of drug-likeness (QED) is 0.907. The predicted molar refractivity (Wildman–Crippen MR) is 79.9 cm³/mol. The number of imidazole rings is 1. The van der Waals surface area contributed by atoms with E-state index >= 15 is 0 Å². The summed E-state index contributed by atoms with van der Waals surface area (Å²) in [7, 11) is 0. The van der Waals surface area contributed by atoms with Gasteiger partial charge in [-0.3, -0.25) is 0 Å². The maximum Gasteiger partial charge on any atom is 0.130 e. The molecule has 0 radical (unpaired) electrons. The molecule has 1 aromatic carbocycles. The second-order valence-electron chi connectivity index (χ2n) is 4.24. The number of nitrogens with zero attached hydrogens (tertiary/aromatic N) is 2. The minimum absolute atomic E-state index is 0.0229. The van der Waals surface area contributed by atoms with Crippen LogP contribution in [0.25, 0.3) is 0 Å². The van der Waals surface area contributed by atoms with Crippen molar-refractivity contribution in [1.29, 1.82) is 0 Å². The number of halogens is 2. The van der Waals surface area contributed by atoms with Gasteiger partial charge in [-0.25, -0.2) is 4.98 Å². The molecule has 2 aromatic rings. The molecule has 2 rings (SSSR count). The molecule has 5 heteroatoms. The number of hydrogen-bond donors (Lipinski definition) is 1. The van der Waals surface area contributed by atoms with Gasteiger partial charge in [-0.15, -0.1) is 0 Å². The zero-order chi connectivity index (χ0) is 13.8. The van der Waals surface area contributed by atoms with E-state index in [0.717, 1.165) is 24.5 Å². The van der Waals surface area contributed by atoms with Gasteiger partial charge in [0.05, 0.1) is 16.1 Å². The van der Waals surface area contributed by atoms with Crippen LogP contribution in [0.5, 0.6) is 0 Å². The van der Waals surface area contributed by atoms with E-state index in [9.17, 15) is 0 Å². The summed E-state index contributed by atoms with van der Waals surface area (Å²) < 4.78 is 2.12. The molecule has 3 nitrogen and oxygen atoms in total. The smallest absolute Gasteiger partial charge is 0.130 e. The molecule has 1 atom stereocenters. The van der Waals surface area contributed by atoms with E-state index < -0.39 is 0 Å². The summed E-state index contributed by atoms with van der Waals surface area (Å²) in [4.78, 5) is 4.46. The first-order valence-corrected chi connectivity index (χ1v) is 7.12. The molecule has 1 N–H and O–H groups in total. The third-order valence-corrected chi connectivity index (χ3v) is 3.77. The van der Waals surface area contributed by atoms with Crippen LogP contribution >= 0.6 is 23.2 Å². The predicted octanol–water partition coefficient (Wildman–Crippen LogP) is 3.91. The van der Waals surface area contributed by atoms with Crippen LogP contribution in [-0.2, 0) is 6.54 Å². The highest BCUT2D eigenvalue weighted by atomic mass is 35.5. The molecule has 1 aromatic heterocycles. The Morgan fingerprint density at radius 2 is 2.05 bits per heavy atom. The third-order valence-electron chi connectivity index (χ3n) is 3.03. The minimum Gasteiger partial charge on any atom is -0.334 e. The van der Waals surface area contributed by atoms with E-state index in [-0.39, 0.29) is 6.04 Å². The van der Waals surface area contributed by atoms with Gasteiger partial charge in [-0.2, -0.15) is 0 Å². The molecule has 0 spiro atoms. The summed E-state index contributed by atoms with van der Waals surface area (Å²) in [6.45, 7) is 5.91. The summed E-state index contributed by atoms with van der Waals surface area (Å²) in [5.74, 6) is 0.989. The molecule has 0 aliphatic carbocycles. The van der Waals surface area contributed by atoms with Gasteiger partial charge < -0.3 is 9.88 Å². The Morgan fingerprint density at radius 3 is 2.68 bits per heavy atom. The van der Waals surface area contributed by atoms with Crippen LogP contribution < -0.4 is 5.32 Å². The van der Waals surface area contributed by atoms with Gasteiger partial charge in [0.25, 0.3) is 0 Å². The Kier molecular flexibility index (Phi) is 4.86. The molecule has 0 bridgehead atoms. The fraction of sp³-hybridized carbons (Fsp3) is 0.357. The van der Waals surface area contributed by atoms with Crippen LogP contribution in [0, 0.1) is 0 Å². The lowest BCUT2D eigenvalue weighted by Gasteiger charge is -2.19. The van der Waals surface area contributed by atoms with Gasteiger partial charge in [0.2, 0.25) is 0 Å². The highest BCUT2D eigenvalue weighted by molar-refractivity contribution is 6.42. The van der Waals surface area contributed by atoms with E-state index in [0.29, 0.717) is 10.0 Å². The minimum atomic E-state index is 0.0229. The first-order chi connectivity index (χ1) is 9.17. The highest BCUT2D eigenvalue weighted by Gasteiger charge is 2.18. The molecule has 19 heavy (non-hydrogen) atoms. The molecule has 1 unspecified atom stereocenters. The van der Waals surface area contributed by atoms with E-state index in [4.69, 9.17) is 23.2 Å². The average molecular weight is 298 g/mol. The third kappa shape index (κ3) is 3.11. The molecule has 0 amide bonds. The molecular formula is C14H17Cl2N3. The fourth-order valence-corrected chi connectivity index (χ4v) is 2.41. The Morgan fingerprint density at radius 1 is 1.26 bits per heavy atom. The number of aromatic nitrogens is 2. The summed E-state index contributed by atoms with van der Waals surface area (Å²) in [6, 6.07) is 5.72. The zero-order valence-electron chi connectivity index (χ0n) is 11.0. The highest BCUT2D eigenvalue weighted by Crippen LogP contribution is 2.28. The van der Waals surface area contributed by atoms with Crippen molar-refractivity contribution in [2.75, 3.05) is 6.54 Å². The first-order valence-electron chi connectivity index (χ1n) is 6.36. The number of benzene rings is 1. The first kappa shape index (κ1) is 14.4. The van der Waals surface area contributed by atoms with Gasteiger partial charge in [0.1, 0.15) is 5.82 Å². The average Bonchev–Trinajstić information content (AvgIpc) is 2.87. The van der Waals surface area contributed by atoms with Crippen molar-refractivity contribution >= 4 is 23.2 Å². The van der Waals surface area contributed by atoms with Gasteiger partial charge in [0.15, 0.2) is 0 Å². The van der Waals surface area contributed by atoms with Crippen LogP contribution in [-0.4, -0.2) is 16.1 Å². The van der Waals surface area contributed by atoms with Crippen LogP contribution in [0.3, 0.4) is 0 Å². The van der Waals surface area contributed by atoms with Crippen LogP contribution in [0.15, 0.2) is 30.6 Å². The maximum atomic E-state index is 6.11. The summed E-state index contributed by atoms with van der Waals surface area (Å²) in [5, 5.41) is 4.57. The van der Waals surface area contributed by atoms with Crippen molar-refractivity contribution in [1.82, 2.24) is 14.9 Å². The van der Waals surface area contributed by atoms with Crippen molar-refractivity contribution in [2.24, 2.45) is 0 Å². The SMILES string of the molecule is CCNC(c1ccc(Cl)c(Cl)c1)c1nccn1CC. The lowest BCUT2D eigenvalue weighted by Crippen LogP contribution is -2.25. The Hall–Kier alpha value is -1.03. The number of rotatable bonds is 5. The molecule has 0 aliphatic rings. The van der Waals surface area contributed by atoms with Crippen LogP contribution in [0.4, 0.5) is 0 Å². The Balaban J connectivity index is 2.42. The van der Waals surface area contributed by atoms with E-state index in [1.54, 1.807) is 0 Å². The topological polar surface area (TPSA) is 29.9 Å². The monoisotopic (exact) mass is 297 g/mol. The Labute approximate surface area is 123 Å². The fourth-order valence-electron chi connectivity index (χ4n) is 2.10. The number of nitrogens with one attached hydrogen (secondary N) is 1. The molecular weight excluding hydrogens is 281 g/mol. The molecule has 0 saturated heterocycles. The number of aryl methyl sites for hydroxylation is 1. The summed E-state index contributed by atoms with van der Waals surface area (Å²) in [5.41, 5.74) is 1.07. The van der Waals surface area contributed by atoms with Crippen molar-refractivity contribution in [2.45, 2.75) is 26.4 Å². The van der Waals surface area contributed by atoms with E-state index in [2.05, 4.69) is 28.7 Å². The number of hydrogen-bond acceptors (Lipinski definition) is 2. The lowest BCUT2D eigenvalue weighted by atomic mass is 10.1. The zero-order valence-corrected chi connectivity index (χ0v) is 12.5. The van der Waals surface area contributed by atoms with E-state index in [1.165, 1.54) is 0 Å². The van der Waals surface area contributed by atoms with Crippen molar-refractivity contribution < 1.29 is 0 Å². The molecule has 0 saturated carbocycles. The van der Waals surface area contributed by atoms with Crippen LogP contribution in [0.2, 0.25) is 10.0 Å². The molecule has 102 valence electrons. The molecule has 0 fully saturated rings. The van der Waals surface area contributed by atoms with Gasteiger partial charge in [-0.05, 0) is 31.2 Å². The summed E-state index contributed by atoms with van der Waals surface area (Å²) in [6.07, 6.45) is 3.80. The second-order valence-corrected chi connectivity index (χ2v) is 5.05. The van der Waals surface area contributed by atoms with Crippen LogP contribution in [0.1, 0.15) is 31.3 Å². The molecule has 0 aliphatic heterocycles. The van der Waals surface area contributed by atoms with Gasteiger partial charge >= 0.3 is 0 Å². The van der Waals surface area contributed by atoms with Gasteiger partial charge in [0, 0.05) is 18.9 Å². The summed E-state index contributed by atoms with van der Waals surface area (Å²) >= 11 is 12.1. The van der Waals surface area contributed by atoms with Crippen molar-refractivity contribution in [3.8, 4) is 0 Å². The van der Waals surface area contributed by atoms with E-state index in [1.807, 2.05) is 30.6 Å². The molecule has 1 heterocycles.